The molecule has 1 atom stereocenters. The zero-order chi connectivity index (χ0) is 12.3. The molecule has 1 aromatic rings. The lowest BCUT2D eigenvalue weighted by Crippen LogP contribution is -2.33. The minimum absolute atomic E-state index is 0.200. The van der Waals surface area contributed by atoms with Crippen LogP contribution in [0.15, 0.2) is 18.2 Å². The van der Waals surface area contributed by atoms with Crippen LogP contribution in [-0.4, -0.2) is 35.5 Å². The molecule has 92 valence electrons. The average molecular weight is 237 g/mol. The molecule has 0 aromatic heterocycles. The maximum atomic E-state index is 11.1. The monoisotopic (exact) mass is 237 g/mol. The molecule has 5 N–H and O–H groups in total. The Morgan fingerprint density at radius 1 is 1.47 bits per heavy atom. The maximum Gasteiger partial charge on any atom is 0.319 e. The Morgan fingerprint density at radius 3 is 3.06 bits per heavy atom. The fraction of sp³-hybridized carbons (Fsp3) is 0.364. The summed E-state index contributed by atoms with van der Waals surface area (Å²) in [5.41, 5.74) is 2.62. The molecule has 2 rings (SSSR count). The topological polar surface area (TPSA) is 93.6 Å². The summed E-state index contributed by atoms with van der Waals surface area (Å²) in [4.78, 5) is 11.1. The molecule has 6 nitrogen and oxygen atoms in total. The van der Waals surface area contributed by atoms with Crippen LogP contribution in [-0.2, 0) is 6.54 Å². The third-order valence-corrected chi connectivity index (χ3v) is 2.55. The molecule has 0 fully saturated rings. The number of carbonyl (C=O) groups excluding carboxylic acids is 1. The second-order valence-corrected chi connectivity index (χ2v) is 3.90. The van der Waals surface area contributed by atoms with Crippen molar-refractivity contribution in [3.8, 4) is 0 Å². The van der Waals surface area contributed by atoms with Gasteiger partial charge in [-0.15, -0.1) is 0 Å². The molecular weight excluding hydrogens is 222 g/mol. The lowest BCUT2D eigenvalue weighted by atomic mass is 10.1. The van der Waals surface area contributed by atoms with Crippen LogP contribution in [0.5, 0.6) is 0 Å². The highest BCUT2D eigenvalue weighted by atomic mass is 16.3. The third kappa shape index (κ3) is 2.86. The summed E-state index contributed by atoms with van der Waals surface area (Å²) >= 11 is 0. The minimum atomic E-state index is -0.774. The first-order valence-electron chi connectivity index (χ1n) is 5.39. The molecule has 17 heavy (non-hydrogen) atoms. The van der Waals surface area contributed by atoms with Gasteiger partial charge in [-0.05, 0) is 23.8 Å². The van der Waals surface area contributed by atoms with Gasteiger partial charge in [-0.3, -0.25) is 0 Å². The number of hydrogen-bond acceptors (Lipinski definition) is 4. The number of fused-ring (bicyclic) bond motifs is 1. The number of aliphatic hydroxyl groups is 2. The molecule has 0 radical (unpaired) electrons. The van der Waals surface area contributed by atoms with Gasteiger partial charge < -0.3 is 26.2 Å². The Hall–Kier alpha value is -1.79. The average Bonchev–Trinajstić information content (AvgIpc) is 2.35. The number of nitrogens with one attached hydrogen (secondary N) is 3. The fourth-order valence-corrected chi connectivity index (χ4v) is 1.61. The summed E-state index contributed by atoms with van der Waals surface area (Å²) in [6, 6.07) is 5.32. The smallest absolute Gasteiger partial charge is 0.319 e. The summed E-state index contributed by atoms with van der Waals surface area (Å²) in [5, 5.41) is 26.3. The van der Waals surface area contributed by atoms with Crippen LogP contribution >= 0.6 is 0 Å². The highest BCUT2D eigenvalue weighted by Crippen LogP contribution is 2.22. The van der Waals surface area contributed by atoms with Gasteiger partial charge in [-0.25, -0.2) is 4.79 Å². The molecule has 1 aliphatic heterocycles. The largest absolute Gasteiger partial charge is 0.394 e. The van der Waals surface area contributed by atoms with Gasteiger partial charge in [-0.2, -0.15) is 0 Å². The molecule has 0 saturated carbocycles. The van der Waals surface area contributed by atoms with Crippen molar-refractivity contribution in [3.63, 3.8) is 0 Å². The minimum Gasteiger partial charge on any atom is -0.394 e. The molecule has 0 saturated heterocycles. The highest BCUT2D eigenvalue weighted by molar-refractivity contribution is 5.92. The number of benzene rings is 1. The highest BCUT2D eigenvalue weighted by Gasteiger charge is 2.13. The quantitative estimate of drug-likeness (QED) is 0.513. The predicted octanol–water partition coefficient (Wildman–Crippen LogP) is 0.0868. The van der Waals surface area contributed by atoms with Crippen LogP contribution < -0.4 is 16.0 Å². The Labute approximate surface area is 98.6 Å². The van der Waals surface area contributed by atoms with Crippen molar-refractivity contribution in [3.05, 3.63) is 23.8 Å². The third-order valence-electron chi connectivity index (χ3n) is 2.55. The molecule has 1 aromatic carbocycles. The number of amides is 2. The predicted molar refractivity (Wildman–Crippen MR) is 63.9 cm³/mol. The Kier molecular flexibility index (Phi) is 3.46. The van der Waals surface area contributed by atoms with Gasteiger partial charge in [0.1, 0.15) is 0 Å². The van der Waals surface area contributed by atoms with E-state index in [0.717, 1.165) is 16.9 Å². The summed E-state index contributed by atoms with van der Waals surface area (Å²) in [6.45, 7) is 0.504. The van der Waals surface area contributed by atoms with E-state index in [0.29, 0.717) is 6.54 Å². The molecule has 1 heterocycles. The van der Waals surface area contributed by atoms with Crippen molar-refractivity contribution in [2.24, 2.45) is 0 Å². The standard InChI is InChI=1S/C11H15N3O3/c15-6-9(16)5-12-8-1-2-10-7(3-8)4-13-11(17)14-10/h1-3,9,12,15-16H,4-6H2,(H2,13,14,17). The first-order valence-corrected chi connectivity index (χ1v) is 5.39. The van der Waals surface area contributed by atoms with E-state index in [4.69, 9.17) is 5.11 Å². The van der Waals surface area contributed by atoms with Crippen molar-refractivity contribution in [2.45, 2.75) is 12.6 Å². The molecule has 0 bridgehead atoms. The van der Waals surface area contributed by atoms with Gasteiger partial charge in [0.25, 0.3) is 0 Å². The van der Waals surface area contributed by atoms with E-state index in [1.807, 2.05) is 18.2 Å². The van der Waals surface area contributed by atoms with E-state index < -0.39 is 6.10 Å². The number of carbonyl (C=O) groups is 1. The van der Waals surface area contributed by atoms with E-state index in [1.165, 1.54) is 0 Å². The Bertz CT molecular complexity index is 422. The number of hydrogen-bond donors (Lipinski definition) is 5. The molecular formula is C11H15N3O3. The summed E-state index contributed by atoms with van der Waals surface area (Å²) in [6.07, 6.45) is -0.774. The van der Waals surface area contributed by atoms with Crippen LogP contribution in [0.25, 0.3) is 0 Å². The van der Waals surface area contributed by atoms with Crippen LogP contribution in [0.2, 0.25) is 0 Å². The van der Waals surface area contributed by atoms with Gasteiger partial charge in [0.05, 0.1) is 12.7 Å². The normalized spacial score (nSPS) is 15.5. The van der Waals surface area contributed by atoms with Crippen LogP contribution in [0.4, 0.5) is 16.2 Å². The molecule has 0 aliphatic carbocycles. The summed E-state index contributed by atoms with van der Waals surface area (Å²) < 4.78 is 0. The molecule has 2 amide bonds. The summed E-state index contributed by atoms with van der Waals surface area (Å²) in [7, 11) is 0. The molecule has 1 aliphatic rings. The number of anilines is 2. The van der Waals surface area contributed by atoms with Crippen molar-refractivity contribution in [2.75, 3.05) is 23.8 Å². The summed E-state index contributed by atoms with van der Waals surface area (Å²) in [5.74, 6) is 0. The maximum absolute atomic E-state index is 11.1. The van der Waals surface area contributed by atoms with Crippen molar-refractivity contribution in [1.82, 2.24) is 5.32 Å². The zero-order valence-corrected chi connectivity index (χ0v) is 9.23. The van der Waals surface area contributed by atoms with Gasteiger partial charge in [0.2, 0.25) is 0 Å². The molecule has 1 unspecified atom stereocenters. The first kappa shape index (κ1) is 11.7. The number of rotatable bonds is 4. The Morgan fingerprint density at radius 2 is 2.29 bits per heavy atom. The number of urea groups is 1. The molecule has 6 heteroatoms. The van der Waals surface area contributed by atoms with E-state index in [2.05, 4.69) is 16.0 Å². The SMILES string of the molecule is O=C1NCc2cc(NCC(O)CO)ccc2N1. The lowest BCUT2D eigenvalue weighted by molar-refractivity contribution is 0.105. The van der Waals surface area contributed by atoms with E-state index >= 15 is 0 Å². The van der Waals surface area contributed by atoms with Crippen LogP contribution in [0.1, 0.15) is 5.56 Å². The fourth-order valence-electron chi connectivity index (χ4n) is 1.61. The van der Waals surface area contributed by atoms with E-state index in [-0.39, 0.29) is 19.2 Å². The van der Waals surface area contributed by atoms with Crippen molar-refractivity contribution < 1.29 is 15.0 Å². The molecule has 0 spiro atoms. The van der Waals surface area contributed by atoms with E-state index in [1.54, 1.807) is 0 Å². The first-order chi connectivity index (χ1) is 8.19. The zero-order valence-electron chi connectivity index (χ0n) is 9.23. The van der Waals surface area contributed by atoms with Gasteiger partial charge in [-0.1, -0.05) is 0 Å². The van der Waals surface area contributed by atoms with Crippen molar-refractivity contribution >= 4 is 17.4 Å². The van der Waals surface area contributed by atoms with E-state index in [9.17, 15) is 9.90 Å². The second-order valence-electron chi connectivity index (χ2n) is 3.90. The van der Waals surface area contributed by atoms with Crippen LogP contribution in [0, 0.1) is 0 Å². The number of aliphatic hydroxyl groups excluding tert-OH is 2. The van der Waals surface area contributed by atoms with Crippen molar-refractivity contribution in [1.29, 1.82) is 0 Å². The van der Waals surface area contributed by atoms with Crippen LogP contribution in [0.3, 0.4) is 0 Å². The Balaban J connectivity index is 2.04. The van der Waals surface area contributed by atoms with Gasteiger partial charge >= 0.3 is 6.03 Å². The van der Waals surface area contributed by atoms with Gasteiger partial charge in [0, 0.05) is 24.5 Å². The second kappa shape index (κ2) is 5.03. The lowest BCUT2D eigenvalue weighted by Gasteiger charge is -2.19. The van der Waals surface area contributed by atoms with Gasteiger partial charge in [0.15, 0.2) is 0 Å².